The maximum Gasteiger partial charge on any atom is 0.254 e. The molecule has 0 aliphatic carbocycles. The summed E-state index contributed by atoms with van der Waals surface area (Å²) in [6.07, 6.45) is 3.33. The molecule has 1 amide bonds. The number of carbonyl (C=O) groups excluding carboxylic acids is 1. The predicted molar refractivity (Wildman–Crippen MR) is 121 cm³/mol. The first kappa shape index (κ1) is 21.1. The quantitative estimate of drug-likeness (QED) is 0.328. The van der Waals surface area contributed by atoms with E-state index in [0.717, 1.165) is 11.1 Å². The molecule has 0 aliphatic rings. The van der Waals surface area contributed by atoms with Gasteiger partial charge in [-0.15, -0.1) is 12.4 Å². The van der Waals surface area contributed by atoms with E-state index < -0.39 is 0 Å². The lowest BCUT2D eigenvalue weighted by Crippen LogP contribution is -2.22. The maximum absolute atomic E-state index is 12.4. The number of aromatic nitrogens is 2. The van der Waals surface area contributed by atoms with Gasteiger partial charge in [0.05, 0.1) is 18.3 Å². The predicted octanol–water partition coefficient (Wildman–Crippen LogP) is 3.72. The number of fused-ring (bicyclic) bond motifs is 1. The highest BCUT2D eigenvalue weighted by Crippen LogP contribution is 2.16. The van der Waals surface area contributed by atoms with E-state index in [2.05, 4.69) is 40.7 Å². The number of hydrogen-bond donors (Lipinski definition) is 3. The third-order valence-corrected chi connectivity index (χ3v) is 4.77. The van der Waals surface area contributed by atoms with Gasteiger partial charge in [0, 0.05) is 18.3 Å². The number of amides is 1. The SMILES string of the molecule is Cl.N=C(N)c1ccc(CNC(=O)c2cnn(Cc3ccc4ccccc4c3)c2)cc1. The Labute approximate surface area is 180 Å². The van der Waals surface area contributed by atoms with Gasteiger partial charge in [0.1, 0.15) is 5.84 Å². The fraction of sp³-hybridized carbons (Fsp3) is 0.0870. The van der Waals surface area contributed by atoms with Gasteiger partial charge in [0.25, 0.3) is 5.91 Å². The Hall–Kier alpha value is -3.64. The number of nitrogens with zero attached hydrogens (tertiary/aromatic N) is 2. The molecule has 0 saturated carbocycles. The standard InChI is InChI=1S/C23H21N5O.ClH/c24-22(25)19-9-5-16(6-10-19)12-26-23(29)21-13-27-28(15-21)14-17-7-8-18-3-1-2-4-20(18)11-17;/h1-11,13,15H,12,14H2,(H3,24,25)(H,26,29);1H. The molecule has 0 bridgehead atoms. The summed E-state index contributed by atoms with van der Waals surface area (Å²) in [6, 6.07) is 21.8. The van der Waals surface area contributed by atoms with E-state index in [0.29, 0.717) is 24.2 Å². The molecule has 0 atom stereocenters. The molecule has 4 N–H and O–H groups in total. The molecule has 1 aromatic heterocycles. The van der Waals surface area contributed by atoms with Crippen molar-refractivity contribution in [1.82, 2.24) is 15.1 Å². The summed E-state index contributed by atoms with van der Waals surface area (Å²) >= 11 is 0. The van der Waals surface area contributed by atoms with Crippen molar-refractivity contribution >= 4 is 34.9 Å². The smallest absolute Gasteiger partial charge is 0.254 e. The summed E-state index contributed by atoms with van der Waals surface area (Å²) in [5.41, 5.74) is 8.70. The van der Waals surface area contributed by atoms with E-state index in [9.17, 15) is 4.79 Å². The molecule has 1 heterocycles. The van der Waals surface area contributed by atoms with Gasteiger partial charge in [-0.3, -0.25) is 14.9 Å². The molecule has 0 radical (unpaired) electrons. The molecular weight excluding hydrogens is 398 g/mol. The Morgan fingerprint density at radius 2 is 1.67 bits per heavy atom. The highest BCUT2D eigenvalue weighted by molar-refractivity contribution is 5.95. The first-order chi connectivity index (χ1) is 14.1. The van der Waals surface area contributed by atoms with Gasteiger partial charge >= 0.3 is 0 Å². The minimum atomic E-state index is -0.176. The van der Waals surface area contributed by atoms with Crippen LogP contribution in [0.4, 0.5) is 0 Å². The van der Waals surface area contributed by atoms with E-state index in [-0.39, 0.29) is 24.1 Å². The van der Waals surface area contributed by atoms with Crippen LogP contribution in [-0.2, 0) is 13.1 Å². The van der Waals surface area contributed by atoms with Crippen molar-refractivity contribution in [2.75, 3.05) is 0 Å². The van der Waals surface area contributed by atoms with E-state index >= 15 is 0 Å². The monoisotopic (exact) mass is 419 g/mol. The first-order valence-corrected chi connectivity index (χ1v) is 9.30. The van der Waals surface area contributed by atoms with Crippen LogP contribution in [0.1, 0.15) is 27.0 Å². The normalized spacial score (nSPS) is 10.4. The van der Waals surface area contributed by atoms with Crippen molar-refractivity contribution in [1.29, 1.82) is 5.41 Å². The molecule has 0 saturated heterocycles. The Bertz CT molecular complexity index is 1180. The highest BCUT2D eigenvalue weighted by Gasteiger charge is 2.09. The summed E-state index contributed by atoms with van der Waals surface area (Å²) in [7, 11) is 0. The zero-order valence-corrected chi connectivity index (χ0v) is 17.0. The number of hydrogen-bond acceptors (Lipinski definition) is 3. The lowest BCUT2D eigenvalue weighted by Gasteiger charge is -2.05. The minimum Gasteiger partial charge on any atom is -0.384 e. The van der Waals surface area contributed by atoms with Crippen LogP contribution in [0.2, 0.25) is 0 Å². The molecule has 0 fully saturated rings. The Kier molecular flexibility index (Phi) is 6.49. The second-order valence-electron chi connectivity index (χ2n) is 6.90. The van der Waals surface area contributed by atoms with Gasteiger partial charge < -0.3 is 11.1 Å². The number of amidine groups is 1. The van der Waals surface area contributed by atoms with E-state index in [4.69, 9.17) is 11.1 Å². The zero-order valence-electron chi connectivity index (χ0n) is 16.2. The minimum absolute atomic E-state index is 0. The second kappa shape index (κ2) is 9.24. The molecule has 0 aliphatic heterocycles. The number of rotatable bonds is 6. The van der Waals surface area contributed by atoms with Crippen molar-refractivity contribution in [3.8, 4) is 0 Å². The number of nitrogen functional groups attached to an aromatic ring is 1. The lowest BCUT2D eigenvalue weighted by atomic mass is 10.1. The summed E-state index contributed by atoms with van der Waals surface area (Å²) in [4.78, 5) is 12.4. The van der Waals surface area contributed by atoms with Crippen LogP contribution in [-0.4, -0.2) is 21.5 Å². The number of halogens is 1. The maximum atomic E-state index is 12.4. The van der Waals surface area contributed by atoms with Crippen molar-refractivity contribution < 1.29 is 4.79 Å². The van der Waals surface area contributed by atoms with Gasteiger partial charge in [-0.25, -0.2) is 0 Å². The van der Waals surface area contributed by atoms with Crippen LogP contribution < -0.4 is 11.1 Å². The topological polar surface area (TPSA) is 96.8 Å². The number of carbonyl (C=O) groups is 1. The van der Waals surface area contributed by atoms with Gasteiger partial charge in [0.2, 0.25) is 0 Å². The van der Waals surface area contributed by atoms with Crippen LogP contribution in [0.3, 0.4) is 0 Å². The molecule has 4 rings (SSSR count). The Morgan fingerprint density at radius 1 is 0.967 bits per heavy atom. The molecule has 7 heteroatoms. The van der Waals surface area contributed by atoms with E-state index in [1.807, 2.05) is 24.3 Å². The van der Waals surface area contributed by atoms with Crippen molar-refractivity contribution in [2.45, 2.75) is 13.1 Å². The van der Waals surface area contributed by atoms with Gasteiger partial charge in [-0.1, -0.05) is 60.7 Å². The third-order valence-electron chi connectivity index (χ3n) is 4.77. The van der Waals surface area contributed by atoms with Crippen LogP contribution in [0.25, 0.3) is 10.8 Å². The number of nitrogens with two attached hydrogens (primary N) is 1. The van der Waals surface area contributed by atoms with Crippen molar-refractivity contribution in [2.24, 2.45) is 5.73 Å². The molecule has 0 unspecified atom stereocenters. The highest BCUT2D eigenvalue weighted by atomic mass is 35.5. The van der Waals surface area contributed by atoms with Gasteiger partial charge in [-0.05, 0) is 28.0 Å². The van der Waals surface area contributed by atoms with Crippen LogP contribution in [0.5, 0.6) is 0 Å². The van der Waals surface area contributed by atoms with Gasteiger partial charge in [-0.2, -0.15) is 5.10 Å². The summed E-state index contributed by atoms with van der Waals surface area (Å²) in [5.74, 6) is -0.148. The lowest BCUT2D eigenvalue weighted by molar-refractivity contribution is 0.0951. The molecule has 30 heavy (non-hydrogen) atoms. The van der Waals surface area contributed by atoms with Crippen LogP contribution >= 0.6 is 12.4 Å². The zero-order chi connectivity index (χ0) is 20.2. The Morgan fingerprint density at radius 3 is 2.40 bits per heavy atom. The molecule has 3 aromatic carbocycles. The Balaban J connectivity index is 0.00000256. The first-order valence-electron chi connectivity index (χ1n) is 9.30. The largest absolute Gasteiger partial charge is 0.384 e. The molecule has 152 valence electrons. The van der Waals surface area contributed by atoms with Gasteiger partial charge in [0.15, 0.2) is 0 Å². The fourth-order valence-corrected chi connectivity index (χ4v) is 3.18. The summed E-state index contributed by atoms with van der Waals surface area (Å²) < 4.78 is 1.76. The number of benzene rings is 3. The average Bonchev–Trinajstić information content (AvgIpc) is 3.21. The van der Waals surface area contributed by atoms with Crippen molar-refractivity contribution in [3.63, 3.8) is 0 Å². The molecule has 6 nitrogen and oxygen atoms in total. The fourth-order valence-electron chi connectivity index (χ4n) is 3.18. The molecule has 4 aromatic rings. The third kappa shape index (κ3) is 4.85. The second-order valence-corrected chi connectivity index (χ2v) is 6.90. The molecular formula is C23H22ClN5O. The van der Waals surface area contributed by atoms with E-state index in [1.54, 1.807) is 29.2 Å². The summed E-state index contributed by atoms with van der Waals surface area (Å²) in [6.45, 7) is 0.998. The van der Waals surface area contributed by atoms with Crippen molar-refractivity contribution in [3.05, 3.63) is 101 Å². The van der Waals surface area contributed by atoms with E-state index in [1.165, 1.54) is 10.8 Å². The molecule has 0 spiro atoms. The number of nitrogens with one attached hydrogen (secondary N) is 2. The summed E-state index contributed by atoms with van der Waals surface area (Å²) in [5, 5.41) is 17.0. The van der Waals surface area contributed by atoms with Crippen LogP contribution in [0.15, 0.2) is 79.1 Å². The van der Waals surface area contributed by atoms with Crippen LogP contribution in [0, 0.1) is 5.41 Å². The average molecular weight is 420 g/mol.